The molecule has 3 N–H and O–H groups in total. The molecule has 3 rings (SSSR count). The van der Waals surface area contributed by atoms with E-state index in [1.807, 2.05) is 68.4 Å². The van der Waals surface area contributed by atoms with Gasteiger partial charge in [0.15, 0.2) is 5.96 Å². The van der Waals surface area contributed by atoms with Crippen LogP contribution in [0.15, 0.2) is 70.3 Å². The molecular formula is C23H29IN4O3. The molecule has 0 saturated carbocycles. The van der Waals surface area contributed by atoms with E-state index >= 15 is 0 Å². The first-order chi connectivity index (χ1) is 14.6. The first kappa shape index (κ1) is 24.7. The second-order valence-electron chi connectivity index (χ2n) is 6.87. The molecule has 0 radical (unpaired) electrons. The third-order valence-electron chi connectivity index (χ3n) is 4.25. The molecule has 1 heterocycles. The summed E-state index contributed by atoms with van der Waals surface area (Å²) >= 11 is 0. The van der Waals surface area contributed by atoms with Gasteiger partial charge < -0.3 is 24.9 Å². The van der Waals surface area contributed by atoms with Crippen LogP contribution >= 0.6 is 24.0 Å². The topological polar surface area (TPSA) is 91.9 Å². The van der Waals surface area contributed by atoms with Gasteiger partial charge in [-0.25, -0.2) is 9.98 Å². The molecule has 0 spiro atoms. The van der Waals surface area contributed by atoms with Gasteiger partial charge in [-0.05, 0) is 43.7 Å². The second kappa shape index (κ2) is 13.0. The standard InChI is InChI=1S/C23H28N4O3.HI/c1-3-24-23(26-14-20(28)16-29-21-11-7-8-17(2)12-21)25-13-19-15-30-22(27-19)18-9-5-4-6-10-18;/h4-12,15,20,28H,3,13-14,16H2,1-2H3,(H2,24,25,26);1H. The van der Waals surface area contributed by atoms with Gasteiger partial charge in [0.2, 0.25) is 5.89 Å². The molecule has 8 heteroatoms. The van der Waals surface area contributed by atoms with Crippen LogP contribution in [-0.2, 0) is 6.54 Å². The van der Waals surface area contributed by atoms with Crippen molar-refractivity contribution in [2.24, 2.45) is 4.99 Å². The van der Waals surface area contributed by atoms with E-state index in [0.717, 1.165) is 22.6 Å². The highest BCUT2D eigenvalue weighted by Gasteiger charge is 2.09. The molecule has 0 aliphatic rings. The van der Waals surface area contributed by atoms with E-state index in [2.05, 4.69) is 20.6 Å². The number of aromatic nitrogens is 1. The fourth-order valence-electron chi connectivity index (χ4n) is 2.77. The molecule has 0 bridgehead atoms. The van der Waals surface area contributed by atoms with E-state index in [9.17, 15) is 5.11 Å². The van der Waals surface area contributed by atoms with E-state index in [1.165, 1.54) is 0 Å². The number of aliphatic hydroxyl groups is 1. The van der Waals surface area contributed by atoms with Gasteiger partial charge in [0, 0.05) is 18.7 Å². The van der Waals surface area contributed by atoms with Crippen molar-refractivity contribution < 1.29 is 14.3 Å². The number of hydrogen-bond donors (Lipinski definition) is 3. The Kier molecular flexibility index (Phi) is 10.3. The van der Waals surface area contributed by atoms with Crippen molar-refractivity contribution >= 4 is 29.9 Å². The van der Waals surface area contributed by atoms with Gasteiger partial charge in [0.1, 0.15) is 30.4 Å². The molecule has 3 aromatic rings. The summed E-state index contributed by atoms with van der Waals surface area (Å²) in [5, 5.41) is 16.5. The molecule has 0 amide bonds. The number of hydrogen-bond acceptors (Lipinski definition) is 5. The maximum atomic E-state index is 10.2. The summed E-state index contributed by atoms with van der Waals surface area (Å²) in [6.45, 7) is 5.56. The molecule has 31 heavy (non-hydrogen) atoms. The van der Waals surface area contributed by atoms with Crippen LogP contribution < -0.4 is 15.4 Å². The predicted octanol–water partition coefficient (Wildman–Crippen LogP) is 3.76. The Balaban J connectivity index is 0.00000341. The van der Waals surface area contributed by atoms with Crippen LogP contribution in [0.2, 0.25) is 0 Å². The number of nitrogens with zero attached hydrogens (tertiary/aromatic N) is 2. The number of ether oxygens (including phenoxy) is 1. The number of benzene rings is 2. The summed E-state index contributed by atoms with van der Waals surface area (Å²) in [7, 11) is 0. The normalized spacial score (nSPS) is 12.0. The van der Waals surface area contributed by atoms with Gasteiger partial charge in [0.05, 0.1) is 6.54 Å². The van der Waals surface area contributed by atoms with Crippen molar-refractivity contribution in [3.63, 3.8) is 0 Å². The Morgan fingerprint density at radius 1 is 1.16 bits per heavy atom. The minimum Gasteiger partial charge on any atom is -0.491 e. The second-order valence-corrected chi connectivity index (χ2v) is 6.87. The van der Waals surface area contributed by atoms with Crippen LogP contribution in [0, 0.1) is 6.92 Å². The quantitative estimate of drug-likeness (QED) is 0.219. The molecule has 166 valence electrons. The van der Waals surface area contributed by atoms with Crippen LogP contribution in [0.25, 0.3) is 11.5 Å². The fourth-order valence-corrected chi connectivity index (χ4v) is 2.77. The lowest BCUT2D eigenvalue weighted by Gasteiger charge is -2.16. The minimum absolute atomic E-state index is 0. The van der Waals surface area contributed by atoms with E-state index in [1.54, 1.807) is 6.26 Å². The van der Waals surface area contributed by atoms with Crippen LogP contribution in [0.1, 0.15) is 18.2 Å². The Morgan fingerprint density at radius 2 is 1.97 bits per heavy atom. The van der Waals surface area contributed by atoms with Gasteiger partial charge in [-0.3, -0.25) is 0 Å². The average molecular weight is 536 g/mol. The van der Waals surface area contributed by atoms with Crippen LogP contribution in [0.4, 0.5) is 0 Å². The highest BCUT2D eigenvalue weighted by Crippen LogP contribution is 2.18. The molecule has 2 aromatic carbocycles. The van der Waals surface area contributed by atoms with Gasteiger partial charge >= 0.3 is 0 Å². The molecule has 0 saturated heterocycles. The Bertz CT molecular complexity index is 947. The Hall–Kier alpha value is -2.59. The minimum atomic E-state index is -0.675. The van der Waals surface area contributed by atoms with E-state index in [-0.39, 0.29) is 30.6 Å². The SMILES string of the molecule is CCNC(=NCc1coc(-c2ccccc2)n1)NCC(O)COc1cccc(C)c1.I. The first-order valence-electron chi connectivity index (χ1n) is 10.0. The Morgan fingerprint density at radius 3 is 2.71 bits per heavy atom. The summed E-state index contributed by atoms with van der Waals surface area (Å²) in [6, 6.07) is 17.5. The lowest BCUT2D eigenvalue weighted by atomic mass is 10.2. The maximum Gasteiger partial charge on any atom is 0.226 e. The van der Waals surface area contributed by atoms with E-state index in [4.69, 9.17) is 9.15 Å². The summed E-state index contributed by atoms with van der Waals surface area (Å²) < 4.78 is 11.2. The summed E-state index contributed by atoms with van der Waals surface area (Å²) in [5.74, 6) is 1.91. The molecule has 0 fully saturated rings. The number of aliphatic hydroxyl groups excluding tert-OH is 1. The number of aryl methyl sites for hydroxylation is 1. The molecule has 7 nitrogen and oxygen atoms in total. The largest absolute Gasteiger partial charge is 0.491 e. The zero-order valence-electron chi connectivity index (χ0n) is 17.7. The monoisotopic (exact) mass is 536 g/mol. The summed E-state index contributed by atoms with van der Waals surface area (Å²) in [5.41, 5.74) is 2.77. The summed E-state index contributed by atoms with van der Waals surface area (Å²) in [6.07, 6.45) is 0.936. The van der Waals surface area contributed by atoms with Crippen molar-refractivity contribution in [1.82, 2.24) is 15.6 Å². The number of guanidine groups is 1. The molecule has 0 aliphatic carbocycles. The fraction of sp³-hybridized carbons (Fsp3) is 0.304. The van der Waals surface area contributed by atoms with Crippen molar-refractivity contribution in [2.45, 2.75) is 26.5 Å². The Labute approximate surface area is 200 Å². The van der Waals surface area contributed by atoms with Crippen molar-refractivity contribution in [1.29, 1.82) is 0 Å². The third-order valence-corrected chi connectivity index (χ3v) is 4.25. The van der Waals surface area contributed by atoms with Crippen LogP contribution in [-0.4, -0.2) is 41.9 Å². The zero-order valence-corrected chi connectivity index (χ0v) is 20.1. The lowest BCUT2D eigenvalue weighted by Crippen LogP contribution is -2.42. The zero-order chi connectivity index (χ0) is 21.2. The predicted molar refractivity (Wildman–Crippen MR) is 133 cm³/mol. The molecule has 1 unspecified atom stereocenters. The van der Waals surface area contributed by atoms with Crippen molar-refractivity contribution in [2.75, 3.05) is 19.7 Å². The number of aliphatic imine (C=N–C) groups is 1. The number of nitrogens with one attached hydrogen (secondary N) is 2. The number of halogens is 1. The highest BCUT2D eigenvalue weighted by molar-refractivity contribution is 14.0. The molecular weight excluding hydrogens is 507 g/mol. The smallest absolute Gasteiger partial charge is 0.226 e. The van der Waals surface area contributed by atoms with Gasteiger partial charge in [-0.2, -0.15) is 0 Å². The first-order valence-corrected chi connectivity index (χ1v) is 10.0. The third kappa shape index (κ3) is 8.22. The summed E-state index contributed by atoms with van der Waals surface area (Å²) in [4.78, 5) is 8.99. The van der Waals surface area contributed by atoms with Gasteiger partial charge in [-0.15, -0.1) is 24.0 Å². The van der Waals surface area contributed by atoms with Crippen molar-refractivity contribution in [3.05, 3.63) is 72.1 Å². The van der Waals surface area contributed by atoms with Crippen LogP contribution in [0.5, 0.6) is 5.75 Å². The number of rotatable bonds is 9. The van der Waals surface area contributed by atoms with Crippen LogP contribution in [0.3, 0.4) is 0 Å². The van der Waals surface area contributed by atoms with Gasteiger partial charge in [0.25, 0.3) is 0 Å². The molecule has 0 aliphatic heterocycles. The lowest BCUT2D eigenvalue weighted by molar-refractivity contribution is 0.110. The van der Waals surface area contributed by atoms with E-state index in [0.29, 0.717) is 31.5 Å². The van der Waals surface area contributed by atoms with Gasteiger partial charge in [-0.1, -0.05) is 30.3 Å². The van der Waals surface area contributed by atoms with Crippen molar-refractivity contribution in [3.8, 4) is 17.2 Å². The highest BCUT2D eigenvalue weighted by atomic mass is 127. The maximum absolute atomic E-state index is 10.2. The average Bonchev–Trinajstić information content (AvgIpc) is 3.24. The molecule has 1 aromatic heterocycles. The number of oxazole rings is 1. The van der Waals surface area contributed by atoms with E-state index < -0.39 is 6.10 Å². The molecule has 1 atom stereocenters.